The molecular formula is C25H24ClFN4O3. The number of carbonyl (C=O) groups is 1. The molecule has 2 aromatic heterocycles. The van der Waals surface area contributed by atoms with Crippen LogP contribution in [0.5, 0.6) is 5.75 Å². The molecule has 0 aliphatic heterocycles. The van der Waals surface area contributed by atoms with Gasteiger partial charge in [0.2, 0.25) is 0 Å². The Labute approximate surface area is 201 Å². The minimum atomic E-state index is -0.481. The lowest BCUT2D eigenvalue weighted by Gasteiger charge is -2.10. The van der Waals surface area contributed by atoms with Crippen LogP contribution in [0.3, 0.4) is 0 Å². The summed E-state index contributed by atoms with van der Waals surface area (Å²) in [5.74, 6) is 0.626. The second-order valence-electron chi connectivity index (χ2n) is 8.11. The van der Waals surface area contributed by atoms with Gasteiger partial charge in [0.25, 0.3) is 5.91 Å². The molecule has 0 aliphatic rings. The van der Waals surface area contributed by atoms with Crippen LogP contribution in [0.2, 0.25) is 5.02 Å². The number of carbonyl (C=O) groups excluding carboxylic acids is 1. The largest absolute Gasteiger partial charge is 0.488 e. The van der Waals surface area contributed by atoms with E-state index in [1.807, 2.05) is 32.0 Å². The molecule has 0 aliphatic carbocycles. The van der Waals surface area contributed by atoms with Gasteiger partial charge < -0.3 is 14.6 Å². The Kier molecular flexibility index (Phi) is 6.70. The molecule has 0 atom stereocenters. The molecular weight excluding hydrogens is 459 g/mol. The molecule has 4 aromatic rings. The first-order valence-electron chi connectivity index (χ1n) is 10.7. The predicted octanol–water partition coefficient (Wildman–Crippen LogP) is 5.78. The number of halogens is 2. The van der Waals surface area contributed by atoms with E-state index in [0.29, 0.717) is 27.7 Å². The maximum atomic E-state index is 14.2. The van der Waals surface area contributed by atoms with Crippen LogP contribution in [0, 0.1) is 33.5 Å². The molecule has 176 valence electrons. The smallest absolute Gasteiger partial charge is 0.279 e. The summed E-state index contributed by atoms with van der Waals surface area (Å²) < 4.78 is 26.9. The lowest BCUT2D eigenvalue weighted by atomic mass is 10.1. The lowest BCUT2D eigenvalue weighted by Crippen LogP contribution is -2.16. The Hall–Kier alpha value is -3.65. The normalized spacial score (nSPS) is 11.0. The minimum absolute atomic E-state index is 0.118. The molecule has 0 bridgehead atoms. The average Bonchev–Trinajstić information content (AvgIpc) is 3.33. The second kappa shape index (κ2) is 9.69. The first-order valence-corrected chi connectivity index (χ1v) is 11.0. The van der Waals surface area contributed by atoms with E-state index in [9.17, 15) is 9.18 Å². The van der Waals surface area contributed by atoms with Gasteiger partial charge >= 0.3 is 0 Å². The Morgan fingerprint density at radius 2 is 1.94 bits per heavy atom. The molecule has 34 heavy (non-hydrogen) atoms. The average molecular weight is 483 g/mol. The van der Waals surface area contributed by atoms with Gasteiger partial charge in [-0.05, 0) is 57.0 Å². The van der Waals surface area contributed by atoms with Crippen molar-refractivity contribution >= 4 is 23.3 Å². The van der Waals surface area contributed by atoms with Crippen molar-refractivity contribution in [2.24, 2.45) is 0 Å². The summed E-state index contributed by atoms with van der Waals surface area (Å²) in [5, 5.41) is 11.3. The summed E-state index contributed by atoms with van der Waals surface area (Å²) in [6.07, 6.45) is 0. The van der Waals surface area contributed by atoms with Gasteiger partial charge in [0, 0.05) is 22.3 Å². The number of amides is 1. The van der Waals surface area contributed by atoms with Gasteiger partial charge in [-0.15, -0.1) is 0 Å². The number of aryl methyl sites for hydroxylation is 4. The molecule has 0 saturated heterocycles. The molecule has 1 N–H and O–H groups in total. The molecule has 0 unspecified atom stereocenters. The summed E-state index contributed by atoms with van der Waals surface area (Å²) in [4.78, 5) is 12.9. The summed E-state index contributed by atoms with van der Waals surface area (Å²) >= 11 is 6.13. The van der Waals surface area contributed by atoms with Crippen molar-refractivity contribution in [2.45, 2.75) is 40.8 Å². The molecule has 9 heteroatoms. The van der Waals surface area contributed by atoms with E-state index in [2.05, 4.69) is 15.6 Å². The zero-order chi connectivity index (χ0) is 24.4. The number of hydrogen-bond acceptors (Lipinski definition) is 5. The Morgan fingerprint density at radius 3 is 2.71 bits per heavy atom. The fraction of sp³-hybridized carbons (Fsp3) is 0.240. The Bertz CT molecular complexity index is 1340. The van der Waals surface area contributed by atoms with Gasteiger partial charge in [-0.3, -0.25) is 9.48 Å². The van der Waals surface area contributed by atoms with Crippen molar-refractivity contribution in [3.8, 4) is 5.75 Å². The van der Waals surface area contributed by atoms with Crippen LogP contribution in [0.15, 0.2) is 47.0 Å². The van der Waals surface area contributed by atoms with Crippen LogP contribution in [0.25, 0.3) is 0 Å². The molecule has 0 saturated carbocycles. The first kappa shape index (κ1) is 23.5. The third kappa shape index (κ3) is 4.97. The van der Waals surface area contributed by atoms with Gasteiger partial charge in [-0.1, -0.05) is 35.0 Å². The van der Waals surface area contributed by atoms with Gasteiger partial charge in [-0.25, -0.2) is 4.39 Å². The predicted molar refractivity (Wildman–Crippen MR) is 127 cm³/mol. The maximum Gasteiger partial charge on any atom is 0.279 e. The summed E-state index contributed by atoms with van der Waals surface area (Å²) in [6, 6.07) is 12.1. The van der Waals surface area contributed by atoms with Crippen molar-refractivity contribution in [1.29, 1.82) is 0 Å². The zero-order valence-corrected chi connectivity index (χ0v) is 20.0. The summed E-state index contributed by atoms with van der Waals surface area (Å²) in [6.45, 7) is 7.73. The number of aromatic nitrogens is 3. The van der Waals surface area contributed by atoms with E-state index in [0.717, 1.165) is 22.6 Å². The van der Waals surface area contributed by atoms with E-state index in [1.54, 1.807) is 36.7 Å². The topological polar surface area (TPSA) is 82.2 Å². The molecule has 2 heterocycles. The van der Waals surface area contributed by atoms with Gasteiger partial charge in [0.1, 0.15) is 23.9 Å². The van der Waals surface area contributed by atoms with Crippen LogP contribution < -0.4 is 10.1 Å². The van der Waals surface area contributed by atoms with Gasteiger partial charge in [0.15, 0.2) is 11.5 Å². The van der Waals surface area contributed by atoms with E-state index in [-0.39, 0.29) is 18.8 Å². The summed E-state index contributed by atoms with van der Waals surface area (Å²) in [5.41, 5.74) is 3.78. The Balaban J connectivity index is 1.50. The molecule has 7 nitrogen and oxygen atoms in total. The number of rotatable bonds is 7. The van der Waals surface area contributed by atoms with Crippen LogP contribution in [-0.2, 0) is 13.2 Å². The van der Waals surface area contributed by atoms with Crippen molar-refractivity contribution in [3.05, 3.63) is 92.7 Å². The van der Waals surface area contributed by atoms with Gasteiger partial charge in [-0.2, -0.15) is 5.10 Å². The highest BCUT2D eigenvalue weighted by molar-refractivity contribution is 6.31. The third-order valence-corrected chi connectivity index (χ3v) is 5.86. The third-order valence-electron chi connectivity index (χ3n) is 5.51. The van der Waals surface area contributed by atoms with Crippen molar-refractivity contribution < 1.29 is 18.4 Å². The standard InChI is InChI=1S/C25H24ClFN4O3/c1-14-8-9-15(2)22(10-14)33-13-19-17(4)34-30-24(19)25(32)28-23-11-16(3)31(29-23)12-18-20(26)6-5-7-21(18)27/h5-11H,12-13H2,1-4H3,(H,28,29,32). The fourth-order valence-corrected chi connectivity index (χ4v) is 3.72. The monoisotopic (exact) mass is 482 g/mol. The SMILES string of the molecule is Cc1ccc(C)c(OCc2c(C(=O)Nc3cc(C)n(Cc4c(F)cccc4Cl)n3)noc2C)c1. The van der Waals surface area contributed by atoms with Crippen molar-refractivity contribution in [2.75, 3.05) is 5.32 Å². The summed E-state index contributed by atoms with van der Waals surface area (Å²) in [7, 11) is 0. The second-order valence-corrected chi connectivity index (χ2v) is 8.51. The van der Waals surface area contributed by atoms with Crippen LogP contribution in [0.1, 0.15) is 44.2 Å². The van der Waals surface area contributed by atoms with E-state index >= 15 is 0 Å². The number of benzene rings is 2. The number of ether oxygens (including phenoxy) is 1. The molecule has 2 aromatic carbocycles. The number of anilines is 1. The van der Waals surface area contributed by atoms with Crippen LogP contribution >= 0.6 is 11.6 Å². The number of nitrogens with zero attached hydrogens (tertiary/aromatic N) is 3. The highest BCUT2D eigenvalue weighted by Crippen LogP contribution is 2.24. The maximum absolute atomic E-state index is 14.2. The minimum Gasteiger partial charge on any atom is -0.488 e. The molecule has 0 fully saturated rings. The molecule has 4 rings (SSSR count). The van der Waals surface area contributed by atoms with E-state index in [1.165, 1.54) is 6.07 Å². The first-order chi connectivity index (χ1) is 16.2. The Morgan fingerprint density at radius 1 is 1.15 bits per heavy atom. The zero-order valence-electron chi connectivity index (χ0n) is 19.3. The molecule has 0 spiro atoms. The molecule has 0 radical (unpaired) electrons. The van der Waals surface area contributed by atoms with E-state index in [4.69, 9.17) is 20.9 Å². The van der Waals surface area contributed by atoms with Crippen LogP contribution in [-0.4, -0.2) is 20.8 Å². The van der Waals surface area contributed by atoms with E-state index < -0.39 is 11.7 Å². The number of hydrogen-bond donors (Lipinski definition) is 1. The fourth-order valence-electron chi connectivity index (χ4n) is 3.49. The lowest BCUT2D eigenvalue weighted by molar-refractivity contribution is 0.101. The molecule has 1 amide bonds. The van der Waals surface area contributed by atoms with Crippen LogP contribution in [0.4, 0.5) is 10.2 Å². The highest BCUT2D eigenvalue weighted by atomic mass is 35.5. The van der Waals surface area contributed by atoms with Crippen molar-refractivity contribution in [1.82, 2.24) is 14.9 Å². The van der Waals surface area contributed by atoms with Crippen molar-refractivity contribution in [3.63, 3.8) is 0 Å². The highest BCUT2D eigenvalue weighted by Gasteiger charge is 2.22. The number of nitrogens with one attached hydrogen (secondary N) is 1. The van der Waals surface area contributed by atoms with Gasteiger partial charge in [0.05, 0.1) is 12.1 Å². The quantitative estimate of drug-likeness (QED) is 0.361.